The van der Waals surface area contributed by atoms with Crippen LogP contribution in [0.4, 0.5) is 10.1 Å². The Balaban J connectivity index is 3.55. The van der Waals surface area contributed by atoms with Crippen molar-refractivity contribution in [1.29, 1.82) is 0 Å². The number of benzene rings is 1. The summed E-state index contributed by atoms with van der Waals surface area (Å²) in [5, 5.41) is 2.99. The average Bonchev–Trinajstić information content (AvgIpc) is 2.45. The molecule has 0 fully saturated rings. The lowest BCUT2D eigenvalue weighted by Gasteiger charge is -2.12. The van der Waals surface area contributed by atoms with Crippen LogP contribution in [-0.4, -0.2) is 20.3 Å². The Bertz CT molecular complexity index is 554. The number of anilines is 1. The van der Waals surface area contributed by atoms with Crippen molar-refractivity contribution in [2.75, 3.05) is 19.4 Å². The Morgan fingerprint density at radius 2 is 2.10 bits per heavy atom. The molecule has 0 saturated heterocycles. The Labute approximate surface area is 121 Å². The Morgan fingerprint density at radius 1 is 1.40 bits per heavy atom. The first kappa shape index (κ1) is 16.2. The van der Waals surface area contributed by atoms with Crippen LogP contribution in [0, 0.1) is 5.82 Å². The highest BCUT2D eigenvalue weighted by atomic mass is 19.1. The highest BCUT2D eigenvalue weighted by molar-refractivity contribution is 6.11. The highest BCUT2D eigenvalue weighted by Crippen LogP contribution is 2.28. The van der Waals surface area contributed by atoms with E-state index in [2.05, 4.69) is 24.2 Å². The summed E-state index contributed by atoms with van der Waals surface area (Å²) in [5.74, 6) is -0.236. The maximum absolute atomic E-state index is 14.4. The molecule has 0 atom stereocenters. The molecule has 0 unspecified atom stereocenters. The third-order valence-corrected chi connectivity index (χ3v) is 3.24. The van der Waals surface area contributed by atoms with Crippen LogP contribution in [0.15, 0.2) is 28.8 Å². The molecule has 1 N–H and O–H groups in total. The third kappa shape index (κ3) is 3.80. The first-order chi connectivity index (χ1) is 9.57. The summed E-state index contributed by atoms with van der Waals surface area (Å²) in [6, 6.07) is 3.48. The van der Waals surface area contributed by atoms with Gasteiger partial charge in [-0.2, -0.15) is 0 Å². The zero-order chi connectivity index (χ0) is 15.1. The van der Waals surface area contributed by atoms with Crippen molar-refractivity contribution in [2.24, 2.45) is 4.99 Å². The van der Waals surface area contributed by atoms with E-state index in [0.29, 0.717) is 5.56 Å². The Hall–Kier alpha value is -1.90. The molecule has 3 heteroatoms. The maximum Gasteiger partial charge on any atom is 0.133 e. The fourth-order valence-corrected chi connectivity index (χ4v) is 1.98. The molecule has 0 saturated carbocycles. The van der Waals surface area contributed by atoms with Crippen LogP contribution >= 0.6 is 0 Å². The normalized spacial score (nSPS) is 13.1. The van der Waals surface area contributed by atoms with Gasteiger partial charge in [0, 0.05) is 31.6 Å². The van der Waals surface area contributed by atoms with Crippen molar-refractivity contribution in [3.63, 3.8) is 0 Å². The van der Waals surface area contributed by atoms with Gasteiger partial charge in [-0.05, 0) is 43.5 Å². The van der Waals surface area contributed by atoms with Gasteiger partial charge in [-0.15, -0.1) is 0 Å². The second kappa shape index (κ2) is 7.63. The number of rotatable bonds is 5. The molecule has 108 valence electrons. The molecule has 0 aliphatic carbocycles. The minimum atomic E-state index is -0.236. The molecule has 20 heavy (non-hydrogen) atoms. The summed E-state index contributed by atoms with van der Waals surface area (Å²) in [7, 11) is 3.48. The molecule has 0 radical (unpaired) electrons. The largest absolute Gasteiger partial charge is 0.388 e. The van der Waals surface area contributed by atoms with Gasteiger partial charge < -0.3 is 5.32 Å². The first-order valence-corrected chi connectivity index (χ1v) is 6.84. The Kier molecular flexibility index (Phi) is 6.16. The number of nitrogens with one attached hydrogen (secondary N) is 1. The average molecular weight is 274 g/mol. The van der Waals surface area contributed by atoms with E-state index in [0.717, 1.165) is 23.2 Å². The summed E-state index contributed by atoms with van der Waals surface area (Å²) in [4.78, 5) is 4.01. The van der Waals surface area contributed by atoms with Crippen LogP contribution in [0.1, 0.15) is 38.3 Å². The van der Waals surface area contributed by atoms with Crippen molar-refractivity contribution in [2.45, 2.75) is 27.2 Å². The second-order valence-electron chi connectivity index (χ2n) is 4.65. The lowest BCUT2D eigenvalue weighted by molar-refractivity contribution is 0.624. The summed E-state index contributed by atoms with van der Waals surface area (Å²) < 4.78 is 14.4. The van der Waals surface area contributed by atoms with Crippen molar-refractivity contribution in [1.82, 2.24) is 0 Å². The van der Waals surface area contributed by atoms with Gasteiger partial charge in [-0.3, -0.25) is 4.99 Å². The van der Waals surface area contributed by atoms with Crippen LogP contribution in [0.25, 0.3) is 11.6 Å². The summed E-state index contributed by atoms with van der Waals surface area (Å²) in [5.41, 5.74) is 4.25. The van der Waals surface area contributed by atoms with Crippen molar-refractivity contribution in [3.05, 3.63) is 40.7 Å². The minimum Gasteiger partial charge on any atom is -0.388 e. The van der Waals surface area contributed by atoms with E-state index in [4.69, 9.17) is 0 Å². The van der Waals surface area contributed by atoms with Gasteiger partial charge in [0.1, 0.15) is 5.82 Å². The monoisotopic (exact) mass is 274 g/mol. The second-order valence-corrected chi connectivity index (χ2v) is 4.65. The number of allylic oxidation sites excluding steroid dienone is 3. The zero-order valence-corrected chi connectivity index (χ0v) is 12.9. The number of nitrogens with zero attached hydrogens (tertiary/aromatic N) is 1. The fourth-order valence-electron chi connectivity index (χ4n) is 1.98. The molecular formula is C17H23FN2. The van der Waals surface area contributed by atoms with Crippen LogP contribution in [0.3, 0.4) is 0 Å². The van der Waals surface area contributed by atoms with E-state index in [1.54, 1.807) is 20.3 Å². The van der Waals surface area contributed by atoms with Gasteiger partial charge in [0.15, 0.2) is 0 Å². The Morgan fingerprint density at radius 3 is 2.60 bits per heavy atom. The summed E-state index contributed by atoms with van der Waals surface area (Å²) in [6.07, 6.45) is 6.54. The fraction of sp³-hybridized carbons (Fsp3) is 0.353. The van der Waals surface area contributed by atoms with Gasteiger partial charge in [0.05, 0.1) is 0 Å². The topological polar surface area (TPSA) is 24.4 Å². The third-order valence-electron chi connectivity index (χ3n) is 3.24. The molecule has 0 amide bonds. The van der Waals surface area contributed by atoms with Gasteiger partial charge >= 0.3 is 0 Å². The minimum absolute atomic E-state index is 0.236. The number of hydrogen-bond donors (Lipinski definition) is 1. The van der Waals surface area contributed by atoms with Crippen molar-refractivity contribution >= 4 is 23.6 Å². The molecule has 0 spiro atoms. The molecular weight excluding hydrogens is 251 g/mol. The predicted molar refractivity (Wildman–Crippen MR) is 88.0 cm³/mol. The molecule has 1 rings (SSSR count). The van der Waals surface area contributed by atoms with Crippen molar-refractivity contribution < 1.29 is 4.39 Å². The van der Waals surface area contributed by atoms with Gasteiger partial charge in [0.25, 0.3) is 0 Å². The lowest BCUT2D eigenvalue weighted by Crippen LogP contribution is -1.99. The summed E-state index contributed by atoms with van der Waals surface area (Å²) in [6.45, 7) is 6.04. The van der Waals surface area contributed by atoms with Crippen LogP contribution in [-0.2, 0) is 0 Å². The molecule has 0 heterocycles. The number of aliphatic imine (C=N–C) groups is 1. The first-order valence-electron chi connectivity index (χ1n) is 6.84. The molecule has 0 bridgehead atoms. The predicted octanol–water partition coefficient (Wildman–Crippen LogP) is 4.78. The van der Waals surface area contributed by atoms with E-state index in [-0.39, 0.29) is 5.82 Å². The lowest BCUT2D eigenvalue weighted by atomic mass is 9.96. The van der Waals surface area contributed by atoms with Crippen LogP contribution < -0.4 is 5.32 Å². The number of halogens is 1. The molecule has 0 aromatic heterocycles. The molecule has 2 nitrogen and oxygen atoms in total. The van der Waals surface area contributed by atoms with E-state index in [1.165, 1.54) is 11.6 Å². The van der Waals surface area contributed by atoms with Crippen LogP contribution in [0.2, 0.25) is 0 Å². The highest BCUT2D eigenvalue weighted by Gasteiger charge is 2.12. The quantitative estimate of drug-likeness (QED) is 0.767. The molecule has 0 aliphatic heterocycles. The van der Waals surface area contributed by atoms with E-state index in [9.17, 15) is 4.39 Å². The van der Waals surface area contributed by atoms with Gasteiger partial charge in [0.2, 0.25) is 0 Å². The van der Waals surface area contributed by atoms with E-state index in [1.807, 2.05) is 25.1 Å². The number of hydrogen-bond acceptors (Lipinski definition) is 2. The van der Waals surface area contributed by atoms with Gasteiger partial charge in [-0.25, -0.2) is 4.39 Å². The molecule has 1 aromatic carbocycles. The smallest absolute Gasteiger partial charge is 0.133 e. The van der Waals surface area contributed by atoms with Crippen molar-refractivity contribution in [3.8, 4) is 0 Å². The summed E-state index contributed by atoms with van der Waals surface area (Å²) >= 11 is 0. The molecule has 1 aromatic rings. The van der Waals surface area contributed by atoms with E-state index >= 15 is 0 Å². The standard InChI is InChI=1S/C17H23FN2/c1-6-12(3)8-14-9-15(20-5)10-16(18)17(14)13(7-2)11-19-4/h7-11,20H,6H2,1-5H3/b12-8+,13-7+,19-11-. The zero-order valence-electron chi connectivity index (χ0n) is 12.9. The molecule has 0 aliphatic rings. The van der Waals surface area contributed by atoms with Crippen LogP contribution in [0.5, 0.6) is 0 Å². The van der Waals surface area contributed by atoms with Gasteiger partial charge in [-0.1, -0.05) is 24.6 Å². The SMILES string of the molecule is C/C=C(\C=N/C)c1c(F)cc(NC)cc1/C=C(\C)CC. The maximum atomic E-state index is 14.4. The van der Waals surface area contributed by atoms with E-state index < -0.39 is 0 Å².